The highest BCUT2D eigenvalue weighted by Gasteiger charge is 2.14. The van der Waals surface area contributed by atoms with Crippen molar-refractivity contribution in [2.24, 2.45) is 0 Å². The van der Waals surface area contributed by atoms with Gasteiger partial charge in [-0.1, -0.05) is 138 Å². The van der Waals surface area contributed by atoms with Gasteiger partial charge in [-0.25, -0.2) is 4.79 Å². The molecule has 0 atom stereocenters. The molecule has 0 unspecified atom stereocenters. The van der Waals surface area contributed by atoms with E-state index in [1.165, 1.54) is 51.4 Å². The quantitative estimate of drug-likeness (QED) is 0.0279. The smallest absolute Gasteiger partial charge is 0.407 e. The number of hydrogen-bond acceptors (Lipinski definition) is 8. The second kappa shape index (κ2) is 51.6. The van der Waals surface area contributed by atoms with Crippen molar-refractivity contribution in [1.29, 1.82) is 0 Å². The van der Waals surface area contributed by atoms with Crippen molar-refractivity contribution in [2.75, 3.05) is 53.6 Å². The van der Waals surface area contributed by atoms with Crippen molar-refractivity contribution in [2.45, 2.75) is 213 Å². The number of likely N-dealkylation sites (N-methyl/N-ethyl adjacent to an activating group) is 1. The first-order valence-electron chi connectivity index (χ1n) is 26.3. The van der Waals surface area contributed by atoms with Crippen LogP contribution in [-0.2, 0) is 28.5 Å². The molecule has 0 bridgehead atoms. The Labute approximate surface area is 399 Å². The first-order valence-corrected chi connectivity index (χ1v) is 26.3. The molecule has 0 saturated carbocycles. The number of nitrogens with one attached hydrogen (secondary N) is 1. The molecule has 0 aliphatic heterocycles. The molecule has 0 fully saturated rings. The number of hydrogen-bond donors (Lipinski definition) is 1. The Morgan fingerprint density at radius 1 is 0.462 bits per heavy atom. The SMILES string of the molecule is CCCCC/C=C\C/C=C\C/C=C\CCCCC(=O)OCCCCCCC(CCCCCCOC(=O)CCCC/C=C\C/C=C\C/C=C\CCCCC)OC(=O)NCCOCCN(C)C. The first kappa shape index (κ1) is 61.6. The molecule has 0 aliphatic rings. The Morgan fingerprint density at radius 3 is 1.28 bits per heavy atom. The van der Waals surface area contributed by atoms with E-state index in [1.807, 2.05) is 14.1 Å². The van der Waals surface area contributed by atoms with Crippen LogP contribution in [0.5, 0.6) is 0 Å². The number of nitrogens with zero attached hydrogens (tertiary/aromatic N) is 1. The first-order chi connectivity index (χ1) is 31.9. The van der Waals surface area contributed by atoms with Gasteiger partial charge in [0.15, 0.2) is 0 Å². The van der Waals surface area contributed by atoms with Crippen LogP contribution in [0, 0.1) is 0 Å². The van der Waals surface area contributed by atoms with Gasteiger partial charge in [0.05, 0.1) is 26.4 Å². The number of ether oxygens (including phenoxy) is 4. The lowest BCUT2D eigenvalue weighted by atomic mass is 10.0. The molecule has 9 heteroatoms. The minimum absolute atomic E-state index is 0.106. The number of carbonyl (C=O) groups is 3. The molecule has 0 aromatic rings. The predicted octanol–water partition coefficient (Wildman–Crippen LogP) is 14.8. The van der Waals surface area contributed by atoms with E-state index in [9.17, 15) is 14.4 Å². The molecular formula is C56H98N2O7. The van der Waals surface area contributed by atoms with Crippen molar-refractivity contribution in [3.05, 3.63) is 72.9 Å². The van der Waals surface area contributed by atoms with E-state index in [-0.39, 0.29) is 18.0 Å². The minimum atomic E-state index is -0.398. The van der Waals surface area contributed by atoms with E-state index in [0.717, 1.165) is 135 Å². The standard InChI is InChI=1S/C56H98N2O7/c1-5-7-9-11-13-15-17-19-21-23-25-27-29-31-39-45-54(59)63-49-41-35-33-37-43-53(65-56(61)57-47-51-62-52-48-58(3)4)44-38-34-36-42-50-64-55(60)46-40-32-30-28-26-24-22-20-18-16-14-12-10-8-6-2/h13-16,19-22,25-28,53H,5-12,17-18,23-24,29-52H2,1-4H3,(H,57,61)/b15-13-,16-14-,21-19-,22-20-,27-25-,28-26-. The maximum atomic E-state index is 12.6. The van der Waals surface area contributed by atoms with Crippen LogP contribution >= 0.6 is 0 Å². The molecule has 9 nitrogen and oxygen atoms in total. The normalized spacial score (nSPS) is 12.2. The number of amides is 1. The third-order valence-corrected chi connectivity index (χ3v) is 10.9. The highest BCUT2D eigenvalue weighted by atomic mass is 16.6. The van der Waals surface area contributed by atoms with Gasteiger partial charge in [-0.05, 0) is 143 Å². The molecule has 374 valence electrons. The fourth-order valence-corrected chi connectivity index (χ4v) is 6.84. The summed E-state index contributed by atoms with van der Waals surface area (Å²) < 4.78 is 22.4. The van der Waals surface area contributed by atoms with Crippen molar-refractivity contribution in [3.63, 3.8) is 0 Å². The number of alkyl carbamates (subject to hydrolysis) is 1. The average Bonchev–Trinajstić information content (AvgIpc) is 3.29. The molecule has 0 spiro atoms. The summed E-state index contributed by atoms with van der Waals surface area (Å²) in [5.74, 6) is -0.212. The van der Waals surface area contributed by atoms with Crippen molar-refractivity contribution < 1.29 is 33.3 Å². The van der Waals surface area contributed by atoms with E-state index in [0.29, 0.717) is 45.8 Å². The molecule has 0 aliphatic carbocycles. The van der Waals surface area contributed by atoms with E-state index >= 15 is 0 Å². The summed E-state index contributed by atoms with van der Waals surface area (Å²) in [4.78, 5) is 39.1. The van der Waals surface area contributed by atoms with Gasteiger partial charge in [0.2, 0.25) is 0 Å². The average molecular weight is 911 g/mol. The monoisotopic (exact) mass is 911 g/mol. The van der Waals surface area contributed by atoms with Crippen molar-refractivity contribution in [1.82, 2.24) is 10.2 Å². The van der Waals surface area contributed by atoms with Gasteiger partial charge in [-0.3, -0.25) is 9.59 Å². The van der Waals surface area contributed by atoms with Crippen LogP contribution in [0.2, 0.25) is 0 Å². The highest BCUT2D eigenvalue weighted by Crippen LogP contribution is 2.16. The third kappa shape index (κ3) is 51.4. The zero-order valence-electron chi connectivity index (χ0n) is 42.3. The van der Waals surface area contributed by atoms with E-state index in [2.05, 4.69) is 97.0 Å². The fraction of sp³-hybridized carbons (Fsp3) is 0.732. The van der Waals surface area contributed by atoms with Gasteiger partial charge in [0, 0.05) is 25.9 Å². The summed E-state index contributed by atoms with van der Waals surface area (Å²) in [6.45, 7) is 7.70. The third-order valence-electron chi connectivity index (χ3n) is 10.9. The van der Waals surface area contributed by atoms with Crippen LogP contribution in [0.4, 0.5) is 4.79 Å². The molecule has 0 aromatic carbocycles. The van der Waals surface area contributed by atoms with E-state index in [4.69, 9.17) is 18.9 Å². The van der Waals surface area contributed by atoms with E-state index in [1.54, 1.807) is 0 Å². The van der Waals surface area contributed by atoms with Crippen molar-refractivity contribution in [3.8, 4) is 0 Å². The van der Waals surface area contributed by atoms with Crippen molar-refractivity contribution >= 4 is 18.0 Å². The number of allylic oxidation sites excluding steroid dienone is 12. The number of carbonyl (C=O) groups excluding carboxylic acids is 3. The molecule has 0 heterocycles. The lowest BCUT2D eigenvalue weighted by molar-refractivity contribution is -0.144. The summed E-state index contributed by atoms with van der Waals surface area (Å²) >= 11 is 0. The van der Waals surface area contributed by atoms with Gasteiger partial charge in [-0.15, -0.1) is 0 Å². The molecule has 0 aromatic heterocycles. The minimum Gasteiger partial charge on any atom is -0.466 e. The summed E-state index contributed by atoms with van der Waals surface area (Å²) in [6, 6.07) is 0. The molecule has 0 saturated heterocycles. The topological polar surface area (TPSA) is 103 Å². The Kier molecular flexibility index (Phi) is 48.8. The van der Waals surface area contributed by atoms with Crippen LogP contribution in [-0.4, -0.2) is 82.6 Å². The fourth-order valence-electron chi connectivity index (χ4n) is 6.84. The van der Waals surface area contributed by atoms with Gasteiger partial charge in [-0.2, -0.15) is 0 Å². The van der Waals surface area contributed by atoms with Gasteiger partial charge in [0.25, 0.3) is 0 Å². The Morgan fingerprint density at radius 2 is 0.862 bits per heavy atom. The molecule has 0 rings (SSSR count). The highest BCUT2D eigenvalue weighted by molar-refractivity contribution is 5.69. The molecule has 65 heavy (non-hydrogen) atoms. The molecule has 1 N–H and O–H groups in total. The lowest BCUT2D eigenvalue weighted by Crippen LogP contribution is -2.32. The molecule has 0 radical (unpaired) electrons. The zero-order valence-corrected chi connectivity index (χ0v) is 42.3. The summed E-state index contributed by atoms with van der Waals surface area (Å²) in [6.07, 6.45) is 56.0. The van der Waals surface area contributed by atoms with Crippen LogP contribution in [0.1, 0.15) is 206 Å². The summed E-state index contributed by atoms with van der Waals surface area (Å²) in [5, 5.41) is 2.83. The Bertz CT molecular complexity index is 1180. The largest absolute Gasteiger partial charge is 0.466 e. The van der Waals surface area contributed by atoms with Crippen LogP contribution in [0.25, 0.3) is 0 Å². The summed E-state index contributed by atoms with van der Waals surface area (Å²) in [7, 11) is 4.00. The van der Waals surface area contributed by atoms with Gasteiger partial charge < -0.3 is 29.2 Å². The van der Waals surface area contributed by atoms with Crippen LogP contribution in [0.3, 0.4) is 0 Å². The van der Waals surface area contributed by atoms with Crippen LogP contribution < -0.4 is 5.32 Å². The lowest BCUT2D eigenvalue weighted by Gasteiger charge is -2.18. The summed E-state index contributed by atoms with van der Waals surface area (Å²) in [5.41, 5.74) is 0. The maximum Gasteiger partial charge on any atom is 0.407 e. The van der Waals surface area contributed by atoms with Gasteiger partial charge in [0.1, 0.15) is 6.10 Å². The van der Waals surface area contributed by atoms with Gasteiger partial charge >= 0.3 is 18.0 Å². The molecular weight excluding hydrogens is 813 g/mol. The zero-order chi connectivity index (χ0) is 47.4. The molecule has 1 amide bonds. The predicted molar refractivity (Wildman–Crippen MR) is 274 cm³/mol. The second-order valence-electron chi connectivity index (χ2n) is 17.5. The number of rotatable bonds is 47. The Balaban J connectivity index is 4.18. The van der Waals surface area contributed by atoms with E-state index < -0.39 is 6.09 Å². The maximum absolute atomic E-state index is 12.6. The number of esters is 2. The number of unbranched alkanes of at least 4 members (excludes halogenated alkanes) is 16. The second-order valence-corrected chi connectivity index (χ2v) is 17.5. The van der Waals surface area contributed by atoms with Crippen LogP contribution in [0.15, 0.2) is 72.9 Å². The Hall–Kier alpha value is -3.43.